The van der Waals surface area contributed by atoms with Crippen molar-refractivity contribution in [1.82, 2.24) is 20.2 Å². The van der Waals surface area contributed by atoms with Gasteiger partial charge in [-0.05, 0) is 25.1 Å². The molecular formula is C11H14ClN5. The zero-order valence-corrected chi connectivity index (χ0v) is 10.2. The Morgan fingerprint density at radius 2 is 2.29 bits per heavy atom. The van der Waals surface area contributed by atoms with E-state index in [0.29, 0.717) is 5.02 Å². The van der Waals surface area contributed by atoms with Gasteiger partial charge >= 0.3 is 0 Å². The lowest BCUT2D eigenvalue weighted by Crippen LogP contribution is -2.31. The highest BCUT2D eigenvalue weighted by atomic mass is 35.5. The molecule has 3 N–H and O–H groups in total. The van der Waals surface area contributed by atoms with Crippen molar-refractivity contribution in [3.8, 4) is 0 Å². The van der Waals surface area contributed by atoms with Gasteiger partial charge in [-0.2, -0.15) is 5.10 Å². The van der Waals surface area contributed by atoms with Crippen LogP contribution in [0.15, 0.2) is 30.6 Å². The molecule has 0 aromatic carbocycles. The quantitative estimate of drug-likeness (QED) is 0.638. The van der Waals surface area contributed by atoms with Gasteiger partial charge in [0.2, 0.25) is 0 Å². The van der Waals surface area contributed by atoms with Crippen molar-refractivity contribution in [2.75, 3.05) is 0 Å². The number of nitrogens with one attached hydrogen (secondary N) is 1. The molecule has 2 heterocycles. The molecule has 1 atom stereocenters. The van der Waals surface area contributed by atoms with Gasteiger partial charge in [0.1, 0.15) is 6.04 Å². The summed E-state index contributed by atoms with van der Waals surface area (Å²) in [6.45, 7) is 2.81. The van der Waals surface area contributed by atoms with E-state index in [0.717, 1.165) is 17.9 Å². The van der Waals surface area contributed by atoms with Crippen LogP contribution in [0.25, 0.3) is 0 Å². The van der Waals surface area contributed by atoms with E-state index in [1.165, 1.54) is 0 Å². The van der Waals surface area contributed by atoms with Crippen molar-refractivity contribution < 1.29 is 0 Å². The lowest BCUT2D eigenvalue weighted by molar-refractivity contribution is 0.535. The number of hydrogen-bond acceptors (Lipinski definition) is 4. The first-order chi connectivity index (χ1) is 8.26. The summed E-state index contributed by atoms with van der Waals surface area (Å²) in [5.41, 5.74) is 4.54. The Kier molecular flexibility index (Phi) is 3.73. The molecule has 0 saturated heterocycles. The molecule has 6 heteroatoms. The molecule has 17 heavy (non-hydrogen) atoms. The minimum Gasteiger partial charge on any atom is -0.270 e. The van der Waals surface area contributed by atoms with Crippen LogP contribution in [0.1, 0.15) is 24.4 Å². The highest BCUT2D eigenvalue weighted by Crippen LogP contribution is 2.20. The van der Waals surface area contributed by atoms with Gasteiger partial charge in [-0.25, -0.2) is 5.43 Å². The fourth-order valence-electron chi connectivity index (χ4n) is 1.73. The lowest BCUT2D eigenvalue weighted by Gasteiger charge is -2.16. The molecule has 2 rings (SSSR count). The second-order valence-corrected chi connectivity index (χ2v) is 4.01. The maximum atomic E-state index is 5.81. The molecule has 0 bridgehead atoms. The number of hydrogen-bond donors (Lipinski definition) is 2. The molecule has 5 nitrogen and oxygen atoms in total. The van der Waals surface area contributed by atoms with Crippen LogP contribution in [-0.2, 0) is 6.54 Å². The predicted molar refractivity (Wildman–Crippen MR) is 66.3 cm³/mol. The van der Waals surface area contributed by atoms with Crippen molar-refractivity contribution in [3.05, 3.63) is 47.0 Å². The third kappa shape index (κ3) is 2.46. The largest absolute Gasteiger partial charge is 0.270 e. The minimum absolute atomic E-state index is 0.185. The number of nitrogens with zero attached hydrogens (tertiary/aromatic N) is 3. The van der Waals surface area contributed by atoms with E-state index in [4.69, 9.17) is 17.4 Å². The normalized spacial score (nSPS) is 12.6. The molecule has 0 aliphatic rings. The molecule has 2 aromatic rings. The molecule has 0 aliphatic heterocycles. The smallest absolute Gasteiger partial charge is 0.105 e. The van der Waals surface area contributed by atoms with Crippen molar-refractivity contribution in [2.45, 2.75) is 19.5 Å². The topological polar surface area (TPSA) is 68.8 Å². The van der Waals surface area contributed by atoms with Gasteiger partial charge in [0.05, 0.1) is 16.4 Å². The first kappa shape index (κ1) is 12.0. The maximum absolute atomic E-state index is 5.81. The monoisotopic (exact) mass is 251 g/mol. The van der Waals surface area contributed by atoms with E-state index in [1.807, 2.05) is 23.7 Å². The van der Waals surface area contributed by atoms with E-state index >= 15 is 0 Å². The van der Waals surface area contributed by atoms with E-state index in [1.54, 1.807) is 18.5 Å². The standard InChI is InChI=1S/C11H14ClN5/c1-2-17-10(5-6-15-17)11(16-13)9-4-3-8(12)7-14-9/h3-7,11,16H,2,13H2,1H3. The van der Waals surface area contributed by atoms with Gasteiger partial charge in [-0.1, -0.05) is 11.6 Å². The number of rotatable bonds is 4. The summed E-state index contributed by atoms with van der Waals surface area (Å²) in [7, 11) is 0. The van der Waals surface area contributed by atoms with Gasteiger partial charge in [-0.15, -0.1) is 0 Å². The second kappa shape index (κ2) is 5.27. The summed E-state index contributed by atoms with van der Waals surface area (Å²) < 4.78 is 1.88. The number of halogens is 1. The van der Waals surface area contributed by atoms with Crippen molar-refractivity contribution in [3.63, 3.8) is 0 Å². The number of hydrazine groups is 1. The van der Waals surface area contributed by atoms with Crippen LogP contribution in [-0.4, -0.2) is 14.8 Å². The molecule has 0 amide bonds. The summed E-state index contributed by atoms with van der Waals surface area (Å²) in [5.74, 6) is 5.59. The highest BCUT2D eigenvalue weighted by molar-refractivity contribution is 6.30. The first-order valence-corrected chi connectivity index (χ1v) is 5.73. The molecule has 0 aliphatic carbocycles. The average Bonchev–Trinajstić information content (AvgIpc) is 2.81. The molecule has 0 radical (unpaired) electrons. The summed E-state index contributed by atoms with van der Waals surface area (Å²) >= 11 is 5.81. The minimum atomic E-state index is -0.185. The Morgan fingerprint density at radius 1 is 1.47 bits per heavy atom. The summed E-state index contributed by atoms with van der Waals surface area (Å²) in [6, 6.07) is 5.38. The van der Waals surface area contributed by atoms with E-state index < -0.39 is 0 Å². The van der Waals surface area contributed by atoms with Gasteiger partial charge in [-0.3, -0.25) is 15.5 Å². The van der Waals surface area contributed by atoms with Crippen LogP contribution >= 0.6 is 11.6 Å². The van der Waals surface area contributed by atoms with Crippen LogP contribution < -0.4 is 11.3 Å². The fraction of sp³-hybridized carbons (Fsp3) is 0.273. The highest BCUT2D eigenvalue weighted by Gasteiger charge is 2.17. The Hall–Kier alpha value is -1.43. The zero-order chi connectivity index (χ0) is 12.3. The molecule has 0 saturated carbocycles. The zero-order valence-electron chi connectivity index (χ0n) is 9.47. The van der Waals surface area contributed by atoms with Crippen LogP contribution in [0.4, 0.5) is 0 Å². The molecule has 0 fully saturated rings. The average molecular weight is 252 g/mol. The Morgan fingerprint density at radius 3 is 2.88 bits per heavy atom. The predicted octanol–water partition coefficient (Wildman–Crippen LogP) is 1.50. The molecule has 90 valence electrons. The fourth-order valence-corrected chi connectivity index (χ4v) is 1.84. The Labute approximate surface area is 105 Å². The Balaban J connectivity index is 2.36. The summed E-state index contributed by atoms with van der Waals surface area (Å²) in [4.78, 5) is 4.27. The molecule has 1 unspecified atom stereocenters. The summed E-state index contributed by atoms with van der Waals surface area (Å²) in [6.07, 6.45) is 3.35. The lowest BCUT2D eigenvalue weighted by atomic mass is 10.1. The Bertz CT molecular complexity index is 479. The van der Waals surface area contributed by atoms with Crippen molar-refractivity contribution in [2.24, 2.45) is 5.84 Å². The van der Waals surface area contributed by atoms with E-state index in [9.17, 15) is 0 Å². The SMILES string of the molecule is CCn1nccc1C(NN)c1ccc(Cl)cn1. The van der Waals surface area contributed by atoms with Gasteiger partial charge < -0.3 is 0 Å². The van der Waals surface area contributed by atoms with Crippen LogP contribution in [0.3, 0.4) is 0 Å². The van der Waals surface area contributed by atoms with Crippen LogP contribution in [0.2, 0.25) is 5.02 Å². The van der Waals surface area contributed by atoms with Crippen LogP contribution in [0.5, 0.6) is 0 Å². The summed E-state index contributed by atoms with van der Waals surface area (Å²) in [5, 5.41) is 4.82. The number of aromatic nitrogens is 3. The van der Waals surface area contributed by atoms with E-state index in [-0.39, 0.29) is 6.04 Å². The van der Waals surface area contributed by atoms with Crippen molar-refractivity contribution in [1.29, 1.82) is 0 Å². The molecule has 0 spiro atoms. The number of aryl methyl sites for hydroxylation is 1. The third-order valence-electron chi connectivity index (χ3n) is 2.56. The van der Waals surface area contributed by atoms with Gasteiger partial charge in [0, 0.05) is 18.9 Å². The number of pyridine rings is 1. The first-order valence-electron chi connectivity index (χ1n) is 5.35. The van der Waals surface area contributed by atoms with Crippen LogP contribution in [0, 0.1) is 0 Å². The molecule has 2 aromatic heterocycles. The molecular weight excluding hydrogens is 238 g/mol. The van der Waals surface area contributed by atoms with Gasteiger partial charge in [0.15, 0.2) is 0 Å². The third-order valence-corrected chi connectivity index (χ3v) is 2.78. The van der Waals surface area contributed by atoms with Crippen molar-refractivity contribution >= 4 is 11.6 Å². The van der Waals surface area contributed by atoms with E-state index in [2.05, 4.69) is 15.5 Å². The van der Waals surface area contributed by atoms with Gasteiger partial charge in [0.25, 0.3) is 0 Å². The number of nitrogens with two attached hydrogens (primary N) is 1. The maximum Gasteiger partial charge on any atom is 0.105 e. The second-order valence-electron chi connectivity index (χ2n) is 3.57.